The van der Waals surface area contributed by atoms with E-state index >= 15 is 0 Å². The molecule has 1 N–H and O–H groups in total. The van der Waals surface area contributed by atoms with E-state index < -0.39 is 0 Å². The Kier molecular flexibility index (Phi) is 3.92. The number of benzene rings is 1. The van der Waals surface area contributed by atoms with Crippen LogP contribution in [0.1, 0.15) is 38.8 Å². The molecular formula is C14H22O. The summed E-state index contributed by atoms with van der Waals surface area (Å²) < 4.78 is 0. The number of hydrogen-bond acceptors (Lipinski definition) is 1. The average Bonchev–Trinajstić information content (AvgIpc) is 2.17. The molecule has 15 heavy (non-hydrogen) atoms. The SMILES string of the molecule is CCc1ccc(CC(O)C(C)(C)C)cc1. The Morgan fingerprint density at radius 3 is 1.93 bits per heavy atom. The second kappa shape index (κ2) is 4.80. The van der Waals surface area contributed by atoms with Gasteiger partial charge in [0.05, 0.1) is 6.10 Å². The van der Waals surface area contributed by atoms with Crippen LogP contribution in [0.4, 0.5) is 0 Å². The Balaban J connectivity index is 2.65. The first kappa shape index (κ1) is 12.3. The van der Waals surface area contributed by atoms with Crippen LogP contribution in [0.15, 0.2) is 24.3 Å². The first-order valence-electron chi connectivity index (χ1n) is 5.69. The van der Waals surface area contributed by atoms with E-state index in [1.54, 1.807) is 0 Å². The summed E-state index contributed by atoms with van der Waals surface area (Å²) in [6.07, 6.45) is 1.54. The van der Waals surface area contributed by atoms with Crippen LogP contribution in [0, 0.1) is 5.41 Å². The number of rotatable bonds is 3. The highest BCUT2D eigenvalue weighted by Crippen LogP contribution is 2.22. The van der Waals surface area contributed by atoms with E-state index in [1.165, 1.54) is 11.1 Å². The van der Waals surface area contributed by atoms with Crippen molar-refractivity contribution in [2.75, 3.05) is 0 Å². The third kappa shape index (κ3) is 3.67. The van der Waals surface area contributed by atoms with Crippen molar-refractivity contribution in [3.63, 3.8) is 0 Å². The predicted molar refractivity (Wildman–Crippen MR) is 65.0 cm³/mol. The second-order valence-electron chi connectivity index (χ2n) is 5.26. The van der Waals surface area contributed by atoms with E-state index in [1.807, 2.05) is 0 Å². The number of hydrogen-bond donors (Lipinski definition) is 1. The summed E-state index contributed by atoms with van der Waals surface area (Å²) in [5.74, 6) is 0. The molecule has 0 spiro atoms. The van der Waals surface area contributed by atoms with Gasteiger partial charge in [0, 0.05) is 0 Å². The molecule has 84 valence electrons. The van der Waals surface area contributed by atoms with Crippen molar-refractivity contribution in [1.82, 2.24) is 0 Å². The molecule has 0 heterocycles. The first-order valence-corrected chi connectivity index (χ1v) is 5.69. The largest absolute Gasteiger partial charge is 0.392 e. The lowest BCUT2D eigenvalue weighted by atomic mass is 9.85. The molecule has 0 aliphatic carbocycles. The normalized spacial score (nSPS) is 13.9. The van der Waals surface area contributed by atoms with Gasteiger partial charge in [0.15, 0.2) is 0 Å². The molecule has 1 unspecified atom stereocenters. The van der Waals surface area contributed by atoms with Crippen LogP contribution in [0.2, 0.25) is 0 Å². The minimum Gasteiger partial charge on any atom is -0.392 e. The van der Waals surface area contributed by atoms with Crippen molar-refractivity contribution in [1.29, 1.82) is 0 Å². The summed E-state index contributed by atoms with van der Waals surface area (Å²) >= 11 is 0. The zero-order chi connectivity index (χ0) is 11.5. The van der Waals surface area contributed by atoms with Gasteiger partial charge in [-0.25, -0.2) is 0 Å². The third-order valence-corrected chi connectivity index (χ3v) is 2.86. The zero-order valence-electron chi connectivity index (χ0n) is 10.2. The third-order valence-electron chi connectivity index (χ3n) is 2.86. The maximum absolute atomic E-state index is 9.97. The zero-order valence-corrected chi connectivity index (χ0v) is 10.2. The molecule has 1 rings (SSSR count). The van der Waals surface area contributed by atoms with Gasteiger partial charge in [-0.15, -0.1) is 0 Å². The topological polar surface area (TPSA) is 20.2 Å². The molecular weight excluding hydrogens is 184 g/mol. The molecule has 0 saturated carbocycles. The lowest BCUT2D eigenvalue weighted by Crippen LogP contribution is -2.28. The fourth-order valence-corrected chi connectivity index (χ4v) is 1.44. The Bertz CT molecular complexity index is 292. The molecule has 0 amide bonds. The van der Waals surface area contributed by atoms with E-state index in [0.29, 0.717) is 0 Å². The lowest BCUT2D eigenvalue weighted by molar-refractivity contribution is 0.0636. The van der Waals surface area contributed by atoms with Crippen LogP contribution in [-0.2, 0) is 12.8 Å². The molecule has 0 fully saturated rings. The molecule has 0 saturated heterocycles. The standard InChI is InChI=1S/C14H22O/c1-5-11-6-8-12(9-7-11)10-13(15)14(2,3)4/h6-9,13,15H,5,10H2,1-4H3. The van der Waals surface area contributed by atoms with Gasteiger partial charge in [0.2, 0.25) is 0 Å². The van der Waals surface area contributed by atoms with Crippen LogP contribution >= 0.6 is 0 Å². The van der Waals surface area contributed by atoms with Crippen molar-refractivity contribution >= 4 is 0 Å². The number of aryl methyl sites for hydroxylation is 1. The van der Waals surface area contributed by atoms with E-state index in [4.69, 9.17) is 0 Å². The molecule has 1 atom stereocenters. The highest BCUT2D eigenvalue weighted by molar-refractivity contribution is 5.23. The van der Waals surface area contributed by atoms with Gasteiger partial charge >= 0.3 is 0 Å². The van der Waals surface area contributed by atoms with Gasteiger partial charge in [0.25, 0.3) is 0 Å². The Morgan fingerprint density at radius 2 is 1.53 bits per heavy atom. The van der Waals surface area contributed by atoms with E-state index in [0.717, 1.165) is 12.8 Å². The van der Waals surface area contributed by atoms with Crippen LogP contribution in [0.3, 0.4) is 0 Å². The first-order chi connectivity index (χ1) is 6.93. The second-order valence-corrected chi connectivity index (χ2v) is 5.26. The van der Waals surface area contributed by atoms with Crippen LogP contribution in [0.25, 0.3) is 0 Å². The molecule has 0 aliphatic heterocycles. The van der Waals surface area contributed by atoms with Crippen molar-refractivity contribution in [2.24, 2.45) is 5.41 Å². The van der Waals surface area contributed by atoms with Crippen molar-refractivity contribution in [3.8, 4) is 0 Å². The van der Waals surface area contributed by atoms with Gasteiger partial charge in [-0.1, -0.05) is 52.0 Å². The Morgan fingerprint density at radius 1 is 1.07 bits per heavy atom. The average molecular weight is 206 g/mol. The van der Waals surface area contributed by atoms with Crippen molar-refractivity contribution < 1.29 is 5.11 Å². The minimum absolute atomic E-state index is 0.0383. The van der Waals surface area contributed by atoms with E-state index in [9.17, 15) is 5.11 Å². The number of aliphatic hydroxyl groups excluding tert-OH is 1. The van der Waals surface area contributed by atoms with Crippen molar-refractivity contribution in [3.05, 3.63) is 35.4 Å². The van der Waals surface area contributed by atoms with Crippen LogP contribution in [-0.4, -0.2) is 11.2 Å². The summed E-state index contributed by atoms with van der Waals surface area (Å²) in [4.78, 5) is 0. The minimum atomic E-state index is -0.273. The lowest BCUT2D eigenvalue weighted by Gasteiger charge is -2.25. The van der Waals surface area contributed by atoms with Crippen molar-refractivity contribution in [2.45, 2.75) is 46.6 Å². The van der Waals surface area contributed by atoms with Gasteiger partial charge in [0.1, 0.15) is 0 Å². The fourth-order valence-electron chi connectivity index (χ4n) is 1.44. The maximum Gasteiger partial charge on any atom is 0.0628 e. The summed E-state index contributed by atoms with van der Waals surface area (Å²) in [6.45, 7) is 8.35. The van der Waals surface area contributed by atoms with Gasteiger partial charge in [-0.3, -0.25) is 0 Å². The number of aliphatic hydroxyl groups is 1. The maximum atomic E-state index is 9.97. The molecule has 0 bridgehead atoms. The highest BCUT2D eigenvalue weighted by Gasteiger charge is 2.21. The summed E-state index contributed by atoms with van der Waals surface area (Å²) in [7, 11) is 0. The molecule has 0 aromatic heterocycles. The molecule has 1 aromatic rings. The monoisotopic (exact) mass is 206 g/mol. The van der Waals surface area contributed by atoms with E-state index in [-0.39, 0.29) is 11.5 Å². The molecule has 1 heteroatoms. The van der Waals surface area contributed by atoms with Gasteiger partial charge in [-0.05, 0) is 29.4 Å². The smallest absolute Gasteiger partial charge is 0.0628 e. The summed E-state index contributed by atoms with van der Waals surface area (Å²) in [5.41, 5.74) is 2.53. The Hall–Kier alpha value is -0.820. The molecule has 1 nitrogen and oxygen atoms in total. The van der Waals surface area contributed by atoms with Gasteiger partial charge < -0.3 is 5.11 Å². The summed E-state index contributed by atoms with van der Waals surface area (Å²) in [6, 6.07) is 8.52. The van der Waals surface area contributed by atoms with E-state index in [2.05, 4.69) is 52.0 Å². The highest BCUT2D eigenvalue weighted by atomic mass is 16.3. The summed E-state index contributed by atoms with van der Waals surface area (Å²) in [5, 5.41) is 9.97. The quantitative estimate of drug-likeness (QED) is 0.805. The van der Waals surface area contributed by atoms with Gasteiger partial charge in [-0.2, -0.15) is 0 Å². The molecule has 0 aliphatic rings. The molecule has 1 aromatic carbocycles. The Labute approximate surface area is 93.1 Å². The molecule has 0 radical (unpaired) electrons. The fraction of sp³-hybridized carbons (Fsp3) is 0.571. The van der Waals surface area contributed by atoms with Crippen LogP contribution in [0.5, 0.6) is 0 Å². The van der Waals surface area contributed by atoms with Crippen LogP contribution < -0.4 is 0 Å². The predicted octanol–water partition coefficient (Wildman–Crippen LogP) is 3.20.